The summed E-state index contributed by atoms with van der Waals surface area (Å²) >= 11 is 1.67. The summed E-state index contributed by atoms with van der Waals surface area (Å²) in [7, 11) is 0. The molecule has 0 amide bonds. The van der Waals surface area contributed by atoms with Crippen LogP contribution in [0.25, 0.3) is 20.2 Å². The molecule has 1 aromatic heterocycles. The van der Waals surface area contributed by atoms with Crippen molar-refractivity contribution in [3.05, 3.63) is 58.3 Å². The fourth-order valence-corrected chi connectivity index (χ4v) is 3.30. The molecule has 0 saturated carbocycles. The molecule has 3 nitrogen and oxygen atoms in total. The Morgan fingerprint density at radius 1 is 1.00 bits per heavy atom. The van der Waals surface area contributed by atoms with Crippen molar-refractivity contribution in [1.29, 1.82) is 0 Å². The summed E-state index contributed by atoms with van der Waals surface area (Å²) in [5, 5.41) is 1.62. The van der Waals surface area contributed by atoms with Gasteiger partial charge in [-0.1, -0.05) is 25.1 Å². The molecule has 0 radical (unpaired) electrons. The maximum Gasteiger partial charge on any atom is 0.195 e. The van der Waals surface area contributed by atoms with Crippen molar-refractivity contribution in [3.63, 3.8) is 0 Å². The van der Waals surface area contributed by atoms with Gasteiger partial charge < -0.3 is 0 Å². The van der Waals surface area contributed by atoms with E-state index in [1.165, 1.54) is 0 Å². The topological polar surface area (TPSA) is 41.1 Å². The van der Waals surface area contributed by atoms with Gasteiger partial charge in [-0.15, -0.1) is 11.3 Å². The molecule has 3 aromatic rings. The normalized spacial score (nSPS) is 11.2. The highest BCUT2D eigenvalue weighted by Gasteiger charge is 2.06. The number of hydrogen-bond acceptors (Lipinski definition) is 4. The van der Waals surface area contributed by atoms with Gasteiger partial charge in [0, 0.05) is 33.3 Å². The number of nitrogens with one attached hydrogen (secondary N) is 2. The summed E-state index contributed by atoms with van der Waals surface area (Å²) in [6.07, 6.45) is 0. The van der Waals surface area contributed by atoms with E-state index in [0.717, 1.165) is 32.3 Å². The van der Waals surface area contributed by atoms with Gasteiger partial charge in [-0.3, -0.25) is 15.6 Å². The van der Waals surface area contributed by atoms with Gasteiger partial charge in [-0.05, 0) is 29.8 Å². The Bertz CT molecular complexity index is 810. The molecular formula is C16H16N2OS. The van der Waals surface area contributed by atoms with E-state index in [-0.39, 0.29) is 5.43 Å². The highest BCUT2D eigenvalue weighted by atomic mass is 32.1. The van der Waals surface area contributed by atoms with Gasteiger partial charge in [-0.25, -0.2) is 0 Å². The molecular weight excluding hydrogens is 268 g/mol. The fraction of sp³-hybridized carbons (Fsp3) is 0.188. The maximum atomic E-state index is 12.5. The molecule has 4 heteroatoms. The molecule has 0 spiro atoms. The van der Waals surface area contributed by atoms with Gasteiger partial charge in [0.15, 0.2) is 5.43 Å². The van der Waals surface area contributed by atoms with Crippen LogP contribution in [0.2, 0.25) is 0 Å². The second-order valence-electron chi connectivity index (χ2n) is 4.64. The van der Waals surface area contributed by atoms with E-state index in [2.05, 4.69) is 16.9 Å². The number of rotatable bonds is 4. The van der Waals surface area contributed by atoms with E-state index >= 15 is 0 Å². The number of fused-ring (bicyclic) bond motifs is 2. The minimum absolute atomic E-state index is 0.125. The summed E-state index contributed by atoms with van der Waals surface area (Å²) in [5.41, 5.74) is 7.42. The lowest BCUT2D eigenvalue weighted by molar-refractivity contribution is 0.550. The zero-order valence-electron chi connectivity index (χ0n) is 11.3. The van der Waals surface area contributed by atoms with Crippen LogP contribution in [-0.4, -0.2) is 6.54 Å². The average molecular weight is 284 g/mol. The third kappa shape index (κ3) is 2.45. The average Bonchev–Trinajstić information content (AvgIpc) is 2.48. The lowest BCUT2D eigenvalue weighted by Crippen LogP contribution is -2.30. The monoisotopic (exact) mass is 284 g/mol. The van der Waals surface area contributed by atoms with E-state index in [1.807, 2.05) is 43.3 Å². The van der Waals surface area contributed by atoms with Gasteiger partial charge in [0.05, 0.1) is 0 Å². The molecule has 0 aliphatic carbocycles. The lowest BCUT2D eigenvalue weighted by Gasteiger charge is -2.06. The minimum atomic E-state index is 0.125. The summed E-state index contributed by atoms with van der Waals surface area (Å²) in [4.78, 5) is 12.5. The van der Waals surface area contributed by atoms with Crippen LogP contribution in [0.4, 0.5) is 0 Å². The minimum Gasteiger partial charge on any atom is -0.289 e. The maximum absolute atomic E-state index is 12.5. The predicted molar refractivity (Wildman–Crippen MR) is 86.1 cm³/mol. The molecule has 0 bridgehead atoms. The van der Waals surface area contributed by atoms with E-state index in [9.17, 15) is 4.79 Å². The van der Waals surface area contributed by atoms with Gasteiger partial charge >= 0.3 is 0 Å². The standard InChI is InChI=1S/C16H16N2OS/c1-2-17-18-10-11-7-8-15-13(9-11)16(19)12-5-3-4-6-14(12)20-15/h3-9,17-18H,2,10H2,1H3. The highest BCUT2D eigenvalue weighted by Crippen LogP contribution is 2.24. The van der Waals surface area contributed by atoms with Crippen LogP contribution in [0.1, 0.15) is 12.5 Å². The first-order valence-corrected chi connectivity index (χ1v) is 7.51. The molecule has 2 aromatic carbocycles. The van der Waals surface area contributed by atoms with Crippen molar-refractivity contribution in [2.24, 2.45) is 0 Å². The quantitative estimate of drug-likeness (QED) is 0.439. The van der Waals surface area contributed by atoms with Crippen LogP contribution in [0.15, 0.2) is 47.3 Å². The molecule has 0 fully saturated rings. The second-order valence-corrected chi connectivity index (χ2v) is 5.73. The predicted octanol–water partition coefficient (Wildman–Crippen LogP) is 3.03. The first kappa shape index (κ1) is 13.2. The van der Waals surface area contributed by atoms with Crippen molar-refractivity contribution < 1.29 is 0 Å². The summed E-state index contributed by atoms with van der Waals surface area (Å²) in [6, 6.07) is 13.9. The first-order chi connectivity index (χ1) is 9.79. The smallest absolute Gasteiger partial charge is 0.195 e. The molecule has 20 heavy (non-hydrogen) atoms. The van der Waals surface area contributed by atoms with Gasteiger partial charge in [0.1, 0.15) is 0 Å². The van der Waals surface area contributed by atoms with Crippen LogP contribution in [0.5, 0.6) is 0 Å². The molecule has 2 N–H and O–H groups in total. The van der Waals surface area contributed by atoms with Crippen LogP contribution < -0.4 is 16.3 Å². The van der Waals surface area contributed by atoms with Gasteiger partial charge in [0.2, 0.25) is 0 Å². The molecule has 0 saturated heterocycles. The summed E-state index contributed by atoms with van der Waals surface area (Å²) in [6.45, 7) is 3.62. The summed E-state index contributed by atoms with van der Waals surface area (Å²) in [5.74, 6) is 0. The fourth-order valence-electron chi connectivity index (χ4n) is 2.25. The van der Waals surface area contributed by atoms with E-state index < -0.39 is 0 Å². The van der Waals surface area contributed by atoms with E-state index in [4.69, 9.17) is 0 Å². The van der Waals surface area contributed by atoms with Crippen molar-refractivity contribution in [2.45, 2.75) is 13.5 Å². The van der Waals surface area contributed by atoms with Crippen molar-refractivity contribution in [3.8, 4) is 0 Å². The molecule has 102 valence electrons. The molecule has 0 unspecified atom stereocenters. The largest absolute Gasteiger partial charge is 0.289 e. The molecule has 0 aliphatic rings. The SMILES string of the molecule is CCNNCc1ccc2sc3ccccc3c(=O)c2c1. The first-order valence-electron chi connectivity index (χ1n) is 6.70. The lowest BCUT2D eigenvalue weighted by atomic mass is 10.1. The zero-order valence-corrected chi connectivity index (χ0v) is 12.1. The highest BCUT2D eigenvalue weighted by molar-refractivity contribution is 7.24. The van der Waals surface area contributed by atoms with Crippen LogP contribution in [0, 0.1) is 0 Å². The Labute approximate surface area is 121 Å². The summed E-state index contributed by atoms with van der Waals surface area (Å²) < 4.78 is 2.09. The zero-order chi connectivity index (χ0) is 13.9. The molecule has 3 rings (SSSR count). The third-order valence-corrected chi connectivity index (χ3v) is 4.39. The van der Waals surface area contributed by atoms with Crippen LogP contribution in [-0.2, 0) is 6.54 Å². The number of hydrogen-bond donors (Lipinski definition) is 2. The molecule has 1 heterocycles. The van der Waals surface area contributed by atoms with Crippen LogP contribution >= 0.6 is 11.3 Å². The molecule has 0 atom stereocenters. The number of hydrazine groups is 1. The Hall–Kier alpha value is -1.75. The number of benzene rings is 2. The Morgan fingerprint density at radius 3 is 2.65 bits per heavy atom. The second kappa shape index (κ2) is 5.71. The Kier molecular flexibility index (Phi) is 3.78. The van der Waals surface area contributed by atoms with Crippen LogP contribution in [0.3, 0.4) is 0 Å². The van der Waals surface area contributed by atoms with Gasteiger partial charge in [-0.2, -0.15) is 0 Å². The Balaban J connectivity index is 2.11. The van der Waals surface area contributed by atoms with Crippen molar-refractivity contribution in [2.75, 3.05) is 6.54 Å². The van der Waals surface area contributed by atoms with E-state index in [1.54, 1.807) is 11.3 Å². The van der Waals surface area contributed by atoms with E-state index in [0.29, 0.717) is 6.54 Å². The van der Waals surface area contributed by atoms with Crippen molar-refractivity contribution in [1.82, 2.24) is 10.9 Å². The Morgan fingerprint density at radius 2 is 1.80 bits per heavy atom. The van der Waals surface area contributed by atoms with Crippen molar-refractivity contribution >= 4 is 31.5 Å². The third-order valence-electron chi connectivity index (χ3n) is 3.23. The molecule has 0 aliphatic heterocycles. The van der Waals surface area contributed by atoms with Gasteiger partial charge in [0.25, 0.3) is 0 Å².